The van der Waals surface area contributed by atoms with Crippen LogP contribution in [0.5, 0.6) is 0 Å². The number of carbonyl (C=O) groups is 1. The van der Waals surface area contributed by atoms with E-state index in [9.17, 15) is 4.79 Å². The van der Waals surface area contributed by atoms with Gasteiger partial charge in [-0.05, 0) is 49.4 Å². The van der Waals surface area contributed by atoms with Crippen LogP contribution in [-0.2, 0) is 4.79 Å². The first-order valence-corrected chi connectivity index (χ1v) is 7.99. The van der Waals surface area contributed by atoms with Gasteiger partial charge in [0.05, 0.1) is 0 Å². The minimum Gasteiger partial charge on any atom is -0.311 e. The van der Waals surface area contributed by atoms with Crippen LogP contribution >= 0.6 is 0 Å². The summed E-state index contributed by atoms with van der Waals surface area (Å²) in [6.45, 7) is 19.4. The molecule has 1 atom stereocenters. The van der Waals surface area contributed by atoms with Crippen molar-refractivity contribution >= 4 is 6.29 Å². The molecule has 0 aromatic carbocycles. The highest BCUT2D eigenvalue weighted by Crippen LogP contribution is 2.45. The molecular weight excluding hydrogens is 246 g/mol. The molecule has 1 heterocycles. The Morgan fingerprint density at radius 3 is 1.95 bits per heavy atom. The molecule has 1 unspecified atom stereocenters. The van der Waals surface area contributed by atoms with E-state index in [-0.39, 0.29) is 27.7 Å². The standard InChI is InChI=1S/C18H35NO/c1-15(2)9-14(10-20)17(5,6)12-18(7,8)19-13-16(3,4)11-15/h10,14,19H,9,11-13H2,1-8H3. The van der Waals surface area contributed by atoms with Gasteiger partial charge in [0.1, 0.15) is 6.29 Å². The molecule has 20 heavy (non-hydrogen) atoms. The summed E-state index contributed by atoms with van der Waals surface area (Å²) in [6.07, 6.45) is 4.36. The smallest absolute Gasteiger partial charge is 0.123 e. The minimum atomic E-state index is 0.0387. The summed E-state index contributed by atoms with van der Waals surface area (Å²) in [4.78, 5) is 11.7. The molecule has 1 aliphatic rings. The van der Waals surface area contributed by atoms with E-state index in [2.05, 4.69) is 60.7 Å². The van der Waals surface area contributed by atoms with Crippen LogP contribution in [-0.4, -0.2) is 18.4 Å². The van der Waals surface area contributed by atoms with Gasteiger partial charge in [0.15, 0.2) is 0 Å². The maximum Gasteiger partial charge on any atom is 0.123 e. The number of hydrogen-bond acceptors (Lipinski definition) is 2. The van der Waals surface area contributed by atoms with Crippen molar-refractivity contribution in [2.45, 2.75) is 80.2 Å². The highest BCUT2D eigenvalue weighted by atomic mass is 16.1. The molecule has 0 aromatic rings. The molecule has 1 rings (SSSR count). The highest BCUT2D eigenvalue weighted by Gasteiger charge is 2.41. The van der Waals surface area contributed by atoms with Crippen molar-refractivity contribution in [3.05, 3.63) is 0 Å². The van der Waals surface area contributed by atoms with Crippen LogP contribution in [0.25, 0.3) is 0 Å². The van der Waals surface area contributed by atoms with Crippen molar-refractivity contribution in [2.75, 3.05) is 6.54 Å². The third kappa shape index (κ3) is 4.87. The van der Waals surface area contributed by atoms with Crippen LogP contribution in [0.4, 0.5) is 0 Å². The van der Waals surface area contributed by atoms with Crippen LogP contribution in [0.2, 0.25) is 0 Å². The zero-order valence-corrected chi connectivity index (χ0v) is 14.9. The first kappa shape index (κ1) is 17.7. The molecule has 1 N–H and O–H groups in total. The Labute approximate surface area is 126 Å². The summed E-state index contributed by atoms with van der Waals surface area (Å²) in [5, 5.41) is 3.74. The first-order valence-electron chi connectivity index (χ1n) is 7.99. The van der Waals surface area contributed by atoms with Crippen molar-refractivity contribution in [3.63, 3.8) is 0 Å². The molecule has 1 saturated heterocycles. The molecule has 2 nitrogen and oxygen atoms in total. The summed E-state index contributed by atoms with van der Waals surface area (Å²) >= 11 is 0. The molecule has 0 amide bonds. The van der Waals surface area contributed by atoms with Crippen LogP contribution in [0, 0.1) is 22.2 Å². The molecule has 1 aliphatic heterocycles. The average Bonchev–Trinajstić information content (AvgIpc) is 2.19. The van der Waals surface area contributed by atoms with Crippen LogP contribution in [0.1, 0.15) is 74.7 Å². The normalized spacial score (nSPS) is 32.3. The third-order valence-corrected chi connectivity index (χ3v) is 4.84. The lowest BCUT2D eigenvalue weighted by Crippen LogP contribution is -2.50. The second-order valence-electron chi connectivity index (χ2n) is 9.85. The summed E-state index contributed by atoms with van der Waals surface area (Å²) in [6, 6.07) is 0. The summed E-state index contributed by atoms with van der Waals surface area (Å²) < 4.78 is 0. The van der Waals surface area contributed by atoms with E-state index in [1.54, 1.807) is 0 Å². The monoisotopic (exact) mass is 281 g/mol. The van der Waals surface area contributed by atoms with E-state index < -0.39 is 0 Å². The Kier molecular flexibility index (Phi) is 4.81. The Balaban J connectivity index is 3.11. The van der Waals surface area contributed by atoms with Crippen LogP contribution in [0.15, 0.2) is 0 Å². The van der Waals surface area contributed by atoms with E-state index in [1.165, 1.54) is 6.29 Å². The van der Waals surface area contributed by atoms with Gasteiger partial charge in [0.25, 0.3) is 0 Å². The highest BCUT2D eigenvalue weighted by molar-refractivity contribution is 5.55. The molecule has 118 valence electrons. The maximum absolute atomic E-state index is 11.7. The summed E-state index contributed by atoms with van der Waals surface area (Å²) in [5.41, 5.74) is 0.575. The van der Waals surface area contributed by atoms with Crippen molar-refractivity contribution in [2.24, 2.45) is 22.2 Å². The van der Waals surface area contributed by atoms with Crippen LogP contribution < -0.4 is 5.32 Å². The predicted octanol–water partition coefficient (Wildman–Crippen LogP) is 4.43. The predicted molar refractivity (Wildman–Crippen MR) is 86.8 cm³/mol. The molecule has 2 heteroatoms. The van der Waals surface area contributed by atoms with Gasteiger partial charge in [-0.1, -0.05) is 41.5 Å². The van der Waals surface area contributed by atoms with Gasteiger partial charge in [0, 0.05) is 18.0 Å². The number of aldehydes is 1. The second kappa shape index (κ2) is 5.44. The maximum atomic E-state index is 11.7. The lowest BCUT2D eigenvalue weighted by Gasteiger charge is -2.46. The first-order chi connectivity index (χ1) is 8.79. The van der Waals surface area contributed by atoms with Gasteiger partial charge >= 0.3 is 0 Å². The van der Waals surface area contributed by atoms with Crippen molar-refractivity contribution < 1.29 is 4.79 Å². The second-order valence-corrected chi connectivity index (χ2v) is 9.85. The van der Waals surface area contributed by atoms with Gasteiger partial charge in [-0.15, -0.1) is 0 Å². The Morgan fingerprint density at radius 2 is 1.45 bits per heavy atom. The lowest BCUT2D eigenvalue weighted by atomic mass is 9.62. The van der Waals surface area contributed by atoms with E-state index in [0.29, 0.717) is 0 Å². The quantitative estimate of drug-likeness (QED) is 0.720. The van der Waals surface area contributed by atoms with E-state index in [1.807, 2.05) is 0 Å². The van der Waals surface area contributed by atoms with Gasteiger partial charge in [-0.2, -0.15) is 0 Å². The average molecular weight is 281 g/mol. The zero-order chi connectivity index (χ0) is 15.8. The van der Waals surface area contributed by atoms with Gasteiger partial charge in [-0.3, -0.25) is 0 Å². The van der Waals surface area contributed by atoms with Gasteiger partial charge < -0.3 is 10.1 Å². The van der Waals surface area contributed by atoms with E-state index in [4.69, 9.17) is 0 Å². The van der Waals surface area contributed by atoms with E-state index >= 15 is 0 Å². The van der Waals surface area contributed by atoms with Crippen LogP contribution in [0.3, 0.4) is 0 Å². The summed E-state index contributed by atoms with van der Waals surface area (Å²) in [5.74, 6) is 0.132. The molecule has 0 spiro atoms. The number of carbonyl (C=O) groups excluding carboxylic acids is 1. The van der Waals surface area contributed by atoms with Gasteiger partial charge in [-0.25, -0.2) is 0 Å². The molecule has 0 aromatic heterocycles. The fraction of sp³-hybridized carbons (Fsp3) is 0.944. The molecule has 0 aliphatic carbocycles. The van der Waals surface area contributed by atoms with E-state index in [0.717, 1.165) is 25.8 Å². The van der Waals surface area contributed by atoms with Crippen molar-refractivity contribution in [3.8, 4) is 0 Å². The number of nitrogens with one attached hydrogen (secondary N) is 1. The lowest BCUT2D eigenvalue weighted by molar-refractivity contribution is -0.116. The topological polar surface area (TPSA) is 29.1 Å². The largest absolute Gasteiger partial charge is 0.311 e. The number of rotatable bonds is 1. The Bertz CT molecular complexity index is 352. The van der Waals surface area contributed by atoms with Crippen molar-refractivity contribution in [1.82, 2.24) is 5.32 Å². The van der Waals surface area contributed by atoms with Crippen molar-refractivity contribution in [1.29, 1.82) is 0 Å². The molecule has 0 radical (unpaired) electrons. The fourth-order valence-electron chi connectivity index (χ4n) is 4.35. The molecule has 0 bridgehead atoms. The molecule has 0 saturated carbocycles. The van der Waals surface area contributed by atoms with Gasteiger partial charge in [0.2, 0.25) is 0 Å². The SMILES string of the molecule is CC1(C)CNC(C)(C)CC(C)(C)C(C=O)CC(C)(C)C1. The Hall–Kier alpha value is -0.370. The fourth-order valence-corrected chi connectivity index (χ4v) is 4.35. The summed E-state index contributed by atoms with van der Waals surface area (Å²) in [7, 11) is 0. The Morgan fingerprint density at radius 1 is 0.900 bits per heavy atom. The molecular formula is C18H35NO. The minimum absolute atomic E-state index is 0.0387. The molecule has 1 fully saturated rings. The third-order valence-electron chi connectivity index (χ3n) is 4.84. The zero-order valence-electron chi connectivity index (χ0n) is 14.9. The number of hydrogen-bond donors (Lipinski definition) is 1.